The molecule has 4 rings (SSSR count). The number of nitriles is 1. The number of carbonyl (C=O) groups excluding carboxylic acids is 1. The number of hydrogen-bond donors (Lipinski definition) is 1. The number of hydrogen-bond acceptors (Lipinski definition) is 4. The van der Waals surface area contributed by atoms with Crippen LogP contribution in [0.2, 0.25) is 0 Å². The van der Waals surface area contributed by atoms with E-state index in [1.54, 1.807) is 12.1 Å². The van der Waals surface area contributed by atoms with Gasteiger partial charge in [-0.2, -0.15) is 5.26 Å². The lowest BCUT2D eigenvalue weighted by Crippen LogP contribution is -2.59. The molecule has 0 spiro atoms. The van der Waals surface area contributed by atoms with Crippen LogP contribution in [-0.2, 0) is 5.60 Å². The molecule has 5 nitrogen and oxygen atoms in total. The van der Waals surface area contributed by atoms with Gasteiger partial charge in [-0.25, -0.2) is 4.98 Å². The molecule has 138 valence electrons. The van der Waals surface area contributed by atoms with E-state index in [4.69, 9.17) is 5.26 Å². The van der Waals surface area contributed by atoms with Crippen LogP contribution in [0.25, 0.3) is 0 Å². The molecule has 1 aliphatic carbocycles. The number of amides is 1. The van der Waals surface area contributed by atoms with Crippen molar-refractivity contribution in [2.45, 2.75) is 43.7 Å². The van der Waals surface area contributed by atoms with E-state index >= 15 is 0 Å². The summed E-state index contributed by atoms with van der Waals surface area (Å²) >= 11 is 0. The summed E-state index contributed by atoms with van der Waals surface area (Å²) in [6.45, 7) is 0.519. The molecular formula is C22H23N3O2. The van der Waals surface area contributed by atoms with Gasteiger partial charge in [0, 0.05) is 24.7 Å². The molecule has 1 amide bonds. The second-order valence-corrected chi connectivity index (χ2v) is 7.54. The Balaban J connectivity index is 1.63. The lowest BCUT2D eigenvalue weighted by molar-refractivity contribution is -0.110. The number of carbonyl (C=O) groups is 1. The van der Waals surface area contributed by atoms with Crippen LogP contribution in [0.4, 0.5) is 0 Å². The summed E-state index contributed by atoms with van der Waals surface area (Å²) in [5.74, 6) is -0.0170. The van der Waals surface area contributed by atoms with Gasteiger partial charge < -0.3 is 10.0 Å². The van der Waals surface area contributed by atoms with Crippen molar-refractivity contribution in [1.82, 2.24) is 9.88 Å². The van der Waals surface area contributed by atoms with Gasteiger partial charge >= 0.3 is 0 Å². The summed E-state index contributed by atoms with van der Waals surface area (Å²) in [5, 5.41) is 20.5. The van der Waals surface area contributed by atoms with Gasteiger partial charge in [-0.1, -0.05) is 43.2 Å². The predicted octanol–water partition coefficient (Wildman–Crippen LogP) is 3.25. The zero-order chi connectivity index (χ0) is 18.9. The van der Waals surface area contributed by atoms with Crippen molar-refractivity contribution in [3.05, 3.63) is 65.5 Å². The van der Waals surface area contributed by atoms with E-state index in [2.05, 4.69) is 4.98 Å². The van der Waals surface area contributed by atoms with E-state index in [0.717, 1.165) is 31.2 Å². The van der Waals surface area contributed by atoms with Gasteiger partial charge in [0.1, 0.15) is 11.8 Å². The number of pyridine rings is 1. The van der Waals surface area contributed by atoms with Crippen LogP contribution in [0.15, 0.2) is 48.7 Å². The smallest absolute Gasteiger partial charge is 0.255 e. The lowest BCUT2D eigenvalue weighted by atomic mass is 9.66. The van der Waals surface area contributed by atoms with Crippen molar-refractivity contribution in [3.63, 3.8) is 0 Å². The Kier molecular flexibility index (Phi) is 4.67. The quantitative estimate of drug-likeness (QED) is 0.891. The number of aromatic nitrogens is 1. The van der Waals surface area contributed by atoms with Crippen LogP contribution in [0, 0.1) is 17.2 Å². The Labute approximate surface area is 159 Å². The maximum Gasteiger partial charge on any atom is 0.255 e. The van der Waals surface area contributed by atoms with Crippen molar-refractivity contribution in [1.29, 1.82) is 5.26 Å². The molecule has 5 heteroatoms. The van der Waals surface area contributed by atoms with Gasteiger partial charge in [-0.3, -0.25) is 4.79 Å². The molecule has 0 radical (unpaired) electrons. The van der Waals surface area contributed by atoms with E-state index in [9.17, 15) is 9.90 Å². The summed E-state index contributed by atoms with van der Waals surface area (Å²) in [5.41, 5.74) is 0.878. The van der Waals surface area contributed by atoms with Gasteiger partial charge in [0.2, 0.25) is 0 Å². The fourth-order valence-electron chi connectivity index (χ4n) is 4.77. The maximum absolute atomic E-state index is 13.1. The number of likely N-dealkylation sites (tertiary alicyclic amines) is 1. The Morgan fingerprint density at radius 2 is 1.96 bits per heavy atom. The largest absolute Gasteiger partial charge is 0.385 e. The molecule has 2 aliphatic rings. The van der Waals surface area contributed by atoms with Crippen molar-refractivity contribution in [2.75, 3.05) is 6.54 Å². The van der Waals surface area contributed by atoms with E-state index in [1.807, 2.05) is 41.3 Å². The minimum atomic E-state index is -0.883. The fraction of sp³-hybridized carbons (Fsp3) is 0.409. The third-order valence-corrected chi connectivity index (χ3v) is 6.14. The standard InChI is InChI=1S/C22H23N3O2/c23-14-18-11-10-16(15-24-18)21(26)25-13-12-22(27,17-6-2-1-3-7-17)19-8-4-5-9-20(19)25/h1-3,6-7,10-11,15,19-20,27H,4-5,8-9,12-13H2/t19-,20+,22?/m1/s1. The SMILES string of the molecule is N#Cc1ccc(C(=O)N2CCC(O)(c3ccccc3)[C@@H]3CCCC[C@@H]32)cn1. The van der Waals surface area contributed by atoms with Crippen LogP contribution in [-0.4, -0.2) is 33.5 Å². The molecule has 2 fully saturated rings. The van der Waals surface area contributed by atoms with Crippen LogP contribution in [0.5, 0.6) is 0 Å². The second kappa shape index (κ2) is 7.13. The molecular weight excluding hydrogens is 338 g/mol. The topological polar surface area (TPSA) is 77.2 Å². The molecule has 1 aromatic carbocycles. The number of nitrogens with zero attached hydrogens (tertiary/aromatic N) is 3. The van der Waals surface area contributed by atoms with Gasteiger partial charge in [0.15, 0.2) is 0 Å². The Morgan fingerprint density at radius 3 is 2.67 bits per heavy atom. The highest BCUT2D eigenvalue weighted by atomic mass is 16.3. The molecule has 1 N–H and O–H groups in total. The number of aliphatic hydroxyl groups is 1. The highest BCUT2D eigenvalue weighted by molar-refractivity contribution is 5.94. The minimum absolute atomic E-state index is 0.0286. The Morgan fingerprint density at radius 1 is 1.19 bits per heavy atom. The number of rotatable bonds is 2. The first-order chi connectivity index (χ1) is 13.1. The molecule has 1 saturated heterocycles. The summed E-state index contributed by atoms with van der Waals surface area (Å²) < 4.78 is 0. The molecule has 3 atom stereocenters. The van der Waals surface area contributed by atoms with Crippen molar-refractivity contribution in [2.24, 2.45) is 5.92 Å². The van der Waals surface area contributed by atoms with E-state index in [0.29, 0.717) is 24.2 Å². The Bertz CT molecular complexity index is 859. The first kappa shape index (κ1) is 17.7. The highest BCUT2D eigenvalue weighted by Crippen LogP contribution is 2.47. The first-order valence-electron chi connectivity index (χ1n) is 9.58. The van der Waals surface area contributed by atoms with Crippen molar-refractivity contribution >= 4 is 5.91 Å². The van der Waals surface area contributed by atoms with Gasteiger partial charge in [-0.15, -0.1) is 0 Å². The monoisotopic (exact) mass is 361 g/mol. The van der Waals surface area contributed by atoms with E-state index < -0.39 is 5.60 Å². The average molecular weight is 361 g/mol. The second-order valence-electron chi connectivity index (χ2n) is 7.54. The van der Waals surface area contributed by atoms with Crippen LogP contribution in [0.1, 0.15) is 53.7 Å². The zero-order valence-electron chi connectivity index (χ0n) is 15.2. The predicted molar refractivity (Wildman–Crippen MR) is 101 cm³/mol. The molecule has 2 aromatic rings. The van der Waals surface area contributed by atoms with Gasteiger partial charge in [0.05, 0.1) is 11.2 Å². The Hall–Kier alpha value is -2.71. The number of benzene rings is 1. The van der Waals surface area contributed by atoms with Crippen LogP contribution < -0.4 is 0 Å². The third kappa shape index (κ3) is 3.11. The fourth-order valence-corrected chi connectivity index (χ4v) is 4.77. The minimum Gasteiger partial charge on any atom is -0.385 e. The van der Waals surface area contributed by atoms with Crippen LogP contribution in [0.3, 0.4) is 0 Å². The summed E-state index contributed by atoms with van der Waals surface area (Å²) in [4.78, 5) is 19.1. The molecule has 1 saturated carbocycles. The average Bonchev–Trinajstić information content (AvgIpc) is 2.74. The lowest BCUT2D eigenvalue weighted by Gasteiger charge is -2.52. The summed E-state index contributed by atoms with van der Waals surface area (Å²) in [6.07, 6.45) is 6.00. The van der Waals surface area contributed by atoms with E-state index in [-0.39, 0.29) is 17.9 Å². The van der Waals surface area contributed by atoms with Gasteiger partial charge in [0.25, 0.3) is 5.91 Å². The highest BCUT2D eigenvalue weighted by Gasteiger charge is 2.50. The molecule has 1 aromatic heterocycles. The van der Waals surface area contributed by atoms with Gasteiger partial charge in [-0.05, 0) is 37.0 Å². The molecule has 1 unspecified atom stereocenters. The van der Waals surface area contributed by atoms with Crippen molar-refractivity contribution in [3.8, 4) is 6.07 Å². The number of piperidine rings is 1. The summed E-state index contributed by atoms with van der Waals surface area (Å²) in [7, 11) is 0. The molecule has 2 heterocycles. The molecule has 27 heavy (non-hydrogen) atoms. The van der Waals surface area contributed by atoms with Crippen LogP contribution >= 0.6 is 0 Å². The molecule has 0 bridgehead atoms. The number of fused-ring (bicyclic) bond motifs is 1. The first-order valence-corrected chi connectivity index (χ1v) is 9.58. The normalized spacial score (nSPS) is 27.5. The maximum atomic E-state index is 13.1. The molecule has 1 aliphatic heterocycles. The van der Waals surface area contributed by atoms with E-state index in [1.165, 1.54) is 6.20 Å². The zero-order valence-corrected chi connectivity index (χ0v) is 15.2. The summed E-state index contributed by atoms with van der Waals surface area (Å²) in [6, 6.07) is 15.1. The third-order valence-electron chi connectivity index (χ3n) is 6.14. The van der Waals surface area contributed by atoms with Crippen molar-refractivity contribution < 1.29 is 9.90 Å².